The third-order valence-corrected chi connectivity index (χ3v) is 3.49. The first-order valence-electron chi connectivity index (χ1n) is 7.65. The van der Waals surface area contributed by atoms with E-state index in [2.05, 4.69) is 22.4 Å². The lowest BCUT2D eigenvalue weighted by atomic mass is 10.2. The normalized spacial score (nSPS) is 11.7. The van der Waals surface area contributed by atoms with Gasteiger partial charge in [-0.3, -0.25) is 5.43 Å². The standard InChI is InChI=1S/C17H17ClF3N3O/c1-2-3-8-25-14-6-4-12(5-7-14)10-23-24-16-15(18)9-13(11-22-16)17(19,20)21/h4-7,9-11H,2-3,8H2,1H3,(H,22,24)/b23-10-. The molecule has 0 aliphatic heterocycles. The summed E-state index contributed by atoms with van der Waals surface area (Å²) in [6.07, 6.45) is -0.220. The van der Waals surface area contributed by atoms with Crippen LogP contribution in [0.2, 0.25) is 5.02 Å². The first-order valence-corrected chi connectivity index (χ1v) is 8.02. The fourth-order valence-electron chi connectivity index (χ4n) is 1.83. The Hall–Kier alpha value is -2.28. The van der Waals surface area contributed by atoms with Gasteiger partial charge in [0.15, 0.2) is 5.82 Å². The second-order valence-corrected chi connectivity index (χ2v) is 5.60. The molecule has 134 valence electrons. The molecular formula is C17H17ClF3N3O. The Kier molecular flexibility index (Phi) is 6.64. The fourth-order valence-corrected chi connectivity index (χ4v) is 2.04. The third-order valence-electron chi connectivity index (χ3n) is 3.20. The van der Waals surface area contributed by atoms with Crippen LogP contribution < -0.4 is 10.2 Å². The van der Waals surface area contributed by atoms with Crippen LogP contribution in [-0.2, 0) is 6.18 Å². The average molecular weight is 372 g/mol. The van der Waals surface area contributed by atoms with E-state index in [-0.39, 0.29) is 10.8 Å². The number of unbranched alkanes of at least 4 members (excludes halogenated alkanes) is 1. The molecule has 0 spiro atoms. The average Bonchev–Trinajstić information content (AvgIpc) is 2.57. The molecule has 0 saturated heterocycles. The van der Waals surface area contributed by atoms with E-state index < -0.39 is 11.7 Å². The molecule has 8 heteroatoms. The summed E-state index contributed by atoms with van der Waals surface area (Å²) < 4.78 is 43.2. The highest BCUT2D eigenvalue weighted by atomic mass is 35.5. The van der Waals surface area contributed by atoms with Crippen molar-refractivity contribution in [3.63, 3.8) is 0 Å². The number of benzene rings is 1. The molecule has 0 aliphatic carbocycles. The number of ether oxygens (including phenoxy) is 1. The number of nitrogens with one attached hydrogen (secondary N) is 1. The van der Waals surface area contributed by atoms with Crippen molar-refractivity contribution in [2.75, 3.05) is 12.0 Å². The number of nitrogens with zero attached hydrogens (tertiary/aromatic N) is 2. The van der Waals surface area contributed by atoms with E-state index in [9.17, 15) is 13.2 Å². The molecule has 4 nitrogen and oxygen atoms in total. The molecule has 1 N–H and O–H groups in total. The van der Waals surface area contributed by atoms with Gasteiger partial charge in [0.1, 0.15) is 5.75 Å². The molecule has 0 saturated carbocycles. The van der Waals surface area contributed by atoms with Gasteiger partial charge in [0, 0.05) is 6.20 Å². The maximum absolute atomic E-state index is 12.5. The molecule has 1 heterocycles. The van der Waals surface area contributed by atoms with Crippen LogP contribution in [0.5, 0.6) is 5.75 Å². The van der Waals surface area contributed by atoms with Crippen LogP contribution >= 0.6 is 11.6 Å². The van der Waals surface area contributed by atoms with Gasteiger partial charge in [0.2, 0.25) is 0 Å². The zero-order chi connectivity index (χ0) is 18.3. The Labute approximate surface area is 148 Å². The summed E-state index contributed by atoms with van der Waals surface area (Å²) in [6.45, 7) is 2.76. The molecule has 0 bridgehead atoms. The molecule has 0 fully saturated rings. The van der Waals surface area contributed by atoms with Gasteiger partial charge in [-0.15, -0.1) is 0 Å². The highest BCUT2D eigenvalue weighted by Gasteiger charge is 2.31. The van der Waals surface area contributed by atoms with Crippen molar-refractivity contribution in [1.29, 1.82) is 0 Å². The summed E-state index contributed by atoms with van der Waals surface area (Å²) in [7, 11) is 0. The van der Waals surface area contributed by atoms with Crippen LogP contribution in [-0.4, -0.2) is 17.8 Å². The van der Waals surface area contributed by atoms with Gasteiger partial charge in [-0.2, -0.15) is 18.3 Å². The minimum Gasteiger partial charge on any atom is -0.494 e. The molecule has 2 aromatic rings. The van der Waals surface area contributed by atoms with E-state index in [0.29, 0.717) is 12.8 Å². The SMILES string of the molecule is CCCCOc1ccc(/C=N\Nc2ncc(C(F)(F)F)cc2Cl)cc1. The topological polar surface area (TPSA) is 46.5 Å². The van der Waals surface area contributed by atoms with Crippen molar-refractivity contribution < 1.29 is 17.9 Å². The van der Waals surface area contributed by atoms with Crippen molar-refractivity contribution in [1.82, 2.24) is 4.98 Å². The van der Waals surface area contributed by atoms with Crippen LogP contribution in [0.4, 0.5) is 19.0 Å². The van der Waals surface area contributed by atoms with Gasteiger partial charge < -0.3 is 4.74 Å². The summed E-state index contributed by atoms with van der Waals surface area (Å²) in [5.41, 5.74) is 2.40. The first kappa shape index (κ1) is 19.1. The van der Waals surface area contributed by atoms with Gasteiger partial charge in [-0.05, 0) is 42.3 Å². The molecular weight excluding hydrogens is 355 g/mol. The van der Waals surface area contributed by atoms with Crippen molar-refractivity contribution in [3.8, 4) is 5.75 Å². The number of pyridine rings is 1. The van der Waals surface area contributed by atoms with Gasteiger partial charge in [-0.25, -0.2) is 4.98 Å². The lowest BCUT2D eigenvalue weighted by molar-refractivity contribution is -0.137. The summed E-state index contributed by atoms with van der Waals surface area (Å²) in [4.78, 5) is 3.63. The molecule has 0 unspecified atom stereocenters. The van der Waals surface area contributed by atoms with E-state index in [0.717, 1.165) is 30.2 Å². The Morgan fingerprint density at radius 3 is 2.60 bits per heavy atom. The number of hydrogen-bond donors (Lipinski definition) is 1. The summed E-state index contributed by atoms with van der Waals surface area (Å²) in [6, 6.07) is 8.07. The lowest BCUT2D eigenvalue weighted by Gasteiger charge is -2.08. The zero-order valence-electron chi connectivity index (χ0n) is 13.5. The highest BCUT2D eigenvalue weighted by Crippen LogP contribution is 2.32. The Morgan fingerprint density at radius 1 is 1.28 bits per heavy atom. The number of anilines is 1. The number of aromatic nitrogens is 1. The van der Waals surface area contributed by atoms with E-state index in [4.69, 9.17) is 16.3 Å². The molecule has 0 radical (unpaired) electrons. The third kappa shape index (κ3) is 5.94. The predicted molar refractivity (Wildman–Crippen MR) is 92.3 cm³/mol. The van der Waals surface area contributed by atoms with Gasteiger partial charge in [0.05, 0.1) is 23.4 Å². The molecule has 1 aromatic carbocycles. The van der Waals surface area contributed by atoms with Crippen molar-refractivity contribution in [3.05, 3.63) is 52.7 Å². The van der Waals surface area contributed by atoms with Crippen LogP contribution in [0.3, 0.4) is 0 Å². The second kappa shape index (κ2) is 8.71. The van der Waals surface area contributed by atoms with Gasteiger partial charge >= 0.3 is 6.18 Å². The van der Waals surface area contributed by atoms with Gasteiger partial charge in [-0.1, -0.05) is 24.9 Å². The molecule has 0 aliphatic rings. The molecule has 2 rings (SSSR count). The summed E-state index contributed by atoms with van der Waals surface area (Å²) in [5.74, 6) is 0.816. The lowest BCUT2D eigenvalue weighted by Crippen LogP contribution is -2.06. The van der Waals surface area contributed by atoms with Gasteiger partial charge in [0.25, 0.3) is 0 Å². The van der Waals surface area contributed by atoms with E-state index in [1.54, 1.807) is 0 Å². The molecule has 0 amide bonds. The fraction of sp³-hybridized carbons (Fsp3) is 0.294. The smallest absolute Gasteiger partial charge is 0.417 e. The number of alkyl halides is 3. The van der Waals surface area contributed by atoms with E-state index >= 15 is 0 Å². The number of rotatable bonds is 7. The maximum atomic E-state index is 12.5. The van der Waals surface area contributed by atoms with Crippen LogP contribution in [0.25, 0.3) is 0 Å². The number of hydrogen-bond acceptors (Lipinski definition) is 4. The molecule has 0 atom stereocenters. The van der Waals surface area contributed by atoms with Crippen LogP contribution in [0.15, 0.2) is 41.6 Å². The monoisotopic (exact) mass is 371 g/mol. The van der Waals surface area contributed by atoms with Crippen molar-refractivity contribution in [2.45, 2.75) is 25.9 Å². The van der Waals surface area contributed by atoms with Crippen molar-refractivity contribution >= 4 is 23.6 Å². The Bertz CT molecular complexity index is 718. The second-order valence-electron chi connectivity index (χ2n) is 5.19. The molecule has 25 heavy (non-hydrogen) atoms. The van der Waals surface area contributed by atoms with Crippen LogP contribution in [0, 0.1) is 0 Å². The quantitative estimate of drug-likeness (QED) is 0.404. The minimum atomic E-state index is -4.49. The molecule has 1 aromatic heterocycles. The predicted octanol–water partition coefficient (Wildman–Crippen LogP) is 5.38. The minimum absolute atomic E-state index is 0.0467. The van der Waals surface area contributed by atoms with Crippen molar-refractivity contribution in [2.24, 2.45) is 5.10 Å². The number of halogens is 4. The summed E-state index contributed by atoms with van der Waals surface area (Å²) in [5, 5.41) is 3.77. The largest absolute Gasteiger partial charge is 0.494 e. The zero-order valence-corrected chi connectivity index (χ0v) is 14.2. The van der Waals surface area contributed by atoms with Crippen LogP contribution in [0.1, 0.15) is 30.9 Å². The number of hydrazone groups is 1. The Balaban J connectivity index is 1.94. The maximum Gasteiger partial charge on any atom is 0.417 e. The van der Waals surface area contributed by atoms with E-state index in [1.807, 2.05) is 24.3 Å². The first-order chi connectivity index (χ1) is 11.9. The highest BCUT2D eigenvalue weighted by molar-refractivity contribution is 6.32. The Morgan fingerprint density at radius 2 is 2.00 bits per heavy atom. The summed E-state index contributed by atoms with van der Waals surface area (Å²) >= 11 is 5.78. The van der Waals surface area contributed by atoms with E-state index in [1.165, 1.54) is 6.21 Å².